The zero-order chi connectivity index (χ0) is 20.0. The van der Waals surface area contributed by atoms with E-state index in [0.29, 0.717) is 12.2 Å². The van der Waals surface area contributed by atoms with E-state index in [9.17, 15) is 18.8 Å². The molecular weight excluding hydrogens is 351 g/mol. The number of carboxylic acids is 1. The van der Waals surface area contributed by atoms with Crippen molar-refractivity contribution in [2.24, 2.45) is 5.92 Å². The van der Waals surface area contributed by atoms with Crippen LogP contribution in [0.1, 0.15) is 34.6 Å². The van der Waals surface area contributed by atoms with Crippen molar-refractivity contribution in [1.82, 2.24) is 4.90 Å². The van der Waals surface area contributed by atoms with Crippen molar-refractivity contribution in [3.63, 3.8) is 0 Å². The van der Waals surface area contributed by atoms with Gasteiger partial charge in [0.25, 0.3) is 11.8 Å². The van der Waals surface area contributed by atoms with Gasteiger partial charge in [0.05, 0.1) is 0 Å². The van der Waals surface area contributed by atoms with Gasteiger partial charge in [-0.15, -0.1) is 0 Å². The van der Waals surface area contributed by atoms with Gasteiger partial charge < -0.3 is 15.3 Å². The number of rotatable bonds is 7. The number of amides is 2. The van der Waals surface area contributed by atoms with Gasteiger partial charge in [0.15, 0.2) is 0 Å². The van der Waals surface area contributed by atoms with Gasteiger partial charge in [0, 0.05) is 23.4 Å². The number of aliphatic carboxylic acids is 1. The number of nitrogens with zero attached hydrogens (tertiary/aromatic N) is 1. The van der Waals surface area contributed by atoms with E-state index in [4.69, 9.17) is 5.11 Å². The second-order valence-electron chi connectivity index (χ2n) is 6.52. The smallest absolute Gasteiger partial charge is 0.323 e. The summed E-state index contributed by atoms with van der Waals surface area (Å²) in [5.41, 5.74) is 0.934. The maximum absolute atomic E-state index is 13.0. The van der Waals surface area contributed by atoms with E-state index in [1.807, 2.05) is 13.8 Å². The van der Waals surface area contributed by atoms with E-state index in [-0.39, 0.29) is 17.0 Å². The zero-order valence-electron chi connectivity index (χ0n) is 15.1. The van der Waals surface area contributed by atoms with Gasteiger partial charge >= 0.3 is 5.97 Å². The highest BCUT2D eigenvalue weighted by molar-refractivity contribution is 6.05. The van der Waals surface area contributed by atoms with Crippen LogP contribution in [0.2, 0.25) is 0 Å². The van der Waals surface area contributed by atoms with Crippen LogP contribution in [-0.4, -0.2) is 40.9 Å². The predicted octanol–water partition coefficient (Wildman–Crippen LogP) is 3.26. The van der Waals surface area contributed by atoms with E-state index in [1.54, 1.807) is 18.2 Å². The molecule has 27 heavy (non-hydrogen) atoms. The first-order valence-corrected chi connectivity index (χ1v) is 8.44. The topological polar surface area (TPSA) is 86.7 Å². The van der Waals surface area contributed by atoms with Gasteiger partial charge in [-0.05, 0) is 48.4 Å². The third-order valence-corrected chi connectivity index (χ3v) is 3.67. The van der Waals surface area contributed by atoms with Crippen LogP contribution in [0, 0.1) is 11.7 Å². The largest absolute Gasteiger partial charge is 0.480 e. The third kappa shape index (κ3) is 5.91. The first kappa shape index (κ1) is 20.1. The second kappa shape index (κ2) is 8.93. The van der Waals surface area contributed by atoms with Gasteiger partial charge in [0.2, 0.25) is 0 Å². The summed E-state index contributed by atoms with van der Waals surface area (Å²) in [6.45, 7) is 3.68. The normalized spacial score (nSPS) is 10.5. The molecule has 2 N–H and O–H groups in total. The van der Waals surface area contributed by atoms with Gasteiger partial charge in [-0.3, -0.25) is 14.4 Å². The van der Waals surface area contributed by atoms with Crippen molar-refractivity contribution in [3.05, 3.63) is 65.5 Å². The SMILES string of the molecule is CC(C)CN(CC(=O)O)C(=O)c1cccc(NC(=O)c2ccc(F)cc2)c1. The fraction of sp³-hybridized carbons (Fsp3) is 0.250. The van der Waals surface area contributed by atoms with E-state index in [0.717, 1.165) is 0 Å². The number of halogens is 1. The molecule has 0 bridgehead atoms. The lowest BCUT2D eigenvalue weighted by atomic mass is 10.1. The Morgan fingerprint density at radius 2 is 1.74 bits per heavy atom. The van der Waals surface area contributed by atoms with Gasteiger partial charge in [-0.25, -0.2) is 4.39 Å². The number of anilines is 1. The highest BCUT2D eigenvalue weighted by Crippen LogP contribution is 2.15. The monoisotopic (exact) mass is 372 g/mol. The average molecular weight is 372 g/mol. The van der Waals surface area contributed by atoms with Crippen LogP contribution in [-0.2, 0) is 4.79 Å². The second-order valence-corrected chi connectivity index (χ2v) is 6.52. The molecule has 142 valence electrons. The number of carboxylic acid groups (broad SMARTS) is 1. The lowest BCUT2D eigenvalue weighted by Gasteiger charge is -2.23. The minimum Gasteiger partial charge on any atom is -0.480 e. The van der Waals surface area contributed by atoms with Crippen molar-refractivity contribution in [2.75, 3.05) is 18.4 Å². The Morgan fingerprint density at radius 1 is 1.07 bits per heavy atom. The Bertz CT molecular complexity index is 834. The summed E-state index contributed by atoms with van der Waals surface area (Å²) in [5, 5.41) is 11.7. The van der Waals surface area contributed by atoms with E-state index >= 15 is 0 Å². The summed E-state index contributed by atoms with van der Waals surface area (Å²) >= 11 is 0. The molecule has 0 saturated heterocycles. The Hall–Kier alpha value is -3.22. The molecule has 2 aromatic carbocycles. The third-order valence-electron chi connectivity index (χ3n) is 3.67. The maximum atomic E-state index is 13.0. The molecule has 2 amide bonds. The van der Waals surface area contributed by atoms with Crippen LogP contribution >= 0.6 is 0 Å². The summed E-state index contributed by atoms with van der Waals surface area (Å²) < 4.78 is 13.0. The fourth-order valence-electron chi connectivity index (χ4n) is 2.54. The van der Waals surface area contributed by atoms with Crippen molar-refractivity contribution < 1.29 is 23.9 Å². The predicted molar refractivity (Wildman–Crippen MR) is 99.2 cm³/mol. The van der Waals surface area contributed by atoms with Crippen LogP contribution in [0.5, 0.6) is 0 Å². The van der Waals surface area contributed by atoms with Crippen molar-refractivity contribution in [3.8, 4) is 0 Å². The van der Waals surface area contributed by atoms with E-state index in [1.165, 1.54) is 35.2 Å². The molecule has 2 rings (SSSR count). The Labute approximate surface area is 156 Å². The fourth-order valence-corrected chi connectivity index (χ4v) is 2.54. The number of carbonyl (C=O) groups excluding carboxylic acids is 2. The van der Waals surface area contributed by atoms with Crippen LogP contribution in [0.4, 0.5) is 10.1 Å². The average Bonchev–Trinajstić information content (AvgIpc) is 2.60. The molecule has 0 atom stereocenters. The molecule has 0 aliphatic carbocycles. The molecule has 0 heterocycles. The number of hydrogen-bond acceptors (Lipinski definition) is 3. The molecule has 7 heteroatoms. The molecule has 0 aliphatic rings. The van der Waals surface area contributed by atoms with E-state index in [2.05, 4.69) is 5.32 Å². The van der Waals surface area contributed by atoms with Crippen molar-refractivity contribution >= 4 is 23.5 Å². The maximum Gasteiger partial charge on any atom is 0.323 e. The zero-order valence-corrected chi connectivity index (χ0v) is 15.1. The quantitative estimate of drug-likeness (QED) is 0.781. The minimum atomic E-state index is -1.09. The summed E-state index contributed by atoms with van der Waals surface area (Å²) in [5.74, 6) is -2.30. The van der Waals surface area contributed by atoms with Gasteiger partial charge in [-0.1, -0.05) is 19.9 Å². The summed E-state index contributed by atoms with van der Waals surface area (Å²) in [4.78, 5) is 37.2. The lowest BCUT2D eigenvalue weighted by molar-refractivity contribution is -0.137. The number of nitrogens with one attached hydrogen (secondary N) is 1. The summed E-state index contributed by atoms with van der Waals surface area (Å²) in [6.07, 6.45) is 0. The van der Waals surface area contributed by atoms with Crippen LogP contribution in [0.3, 0.4) is 0 Å². The Balaban J connectivity index is 2.17. The Morgan fingerprint density at radius 3 is 2.33 bits per heavy atom. The summed E-state index contributed by atoms with van der Waals surface area (Å²) in [7, 11) is 0. The standard InChI is InChI=1S/C20H21FN2O4/c1-13(2)11-23(12-18(24)25)20(27)15-4-3-5-17(10-15)22-19(26)14-6-8-16(21)9-7-14/h3-10,13H,11-12H2,1-2H3,(H,22,26)(H,24,25). The number of hydrogen-bond donors (Lipinski definition) is 2. The first-order chi connectivity index (χ1) is 12.8. The molecule has 6 nitrogen and oxygen atoms in total. The molecule has 0 saturated carbocycles. The van der Waals surface area contributed by atoms with Gasteiger partial charge in [-0.2, -0.15) is 0 Å². The highest BCUT2D eigenvalue weighted by Gasteiger charge is 2.20. The Kier molecular flexibility index (Phi) is 6.65. The highest BCUT2D eigenvalue weighted by atomic mass is 19.1. The van der Waals surface area contributed by atoms with Crippen LogP contribution in [0.25, 0.3) is 0 Å². The molecule has 0 aliphatic heterocycles. The molecule has 0 aromatic heterocycles. The molecule has 0 unspecified atom stereocenters. The van der Waals surface area contributed by atoms with Crippen molar-refractivity contribution in [1.29, 1.82) is 0 Å². The summed E-state index contributed by atoms with van der Waals surface area (Å²) in [6, 6.07) is 11.3. The van der Waals surface area contributed by atoms with Crippen LogP contribution in [0.15, 0.2) is 48.5 Å². The van der Waals surface area contributed by atoms with Gasteiger partial charge in [0.1, 0.15) is 12.4 Å². The van der Waals surface area contributed by atoms with Crippen molar-refractivity contribution in [2.45, 2.75) is 13.8 Å². The van der Waals surface area contributed by atoms with E-state index < -0.39 is 30.1 Å². The van der Waals surface area contributed by atoms with Crippen LogP contribution < -0.4 is 5.32 Å². The lowest BCUT2D eigenvalue weighted by Crippen LogP contribution is -2.38. The minimum absolute atomic E-state index is 0.106. The molecule has 2 aromatic rings. The molecule has 0 fully saturated rings. The first-order valence-electron chi connectivity index (χ1n) is 8.44. The molecule has 0 spiro atoms. The number of benzene rings is 2. The number of carbonyl (C=O) groups is 3. The molecular formula is C20H21FN2O4. The molecule has 0 radical (unpaired) electrons.